The van der Waals surface area contributed by atoms with Crippen molar-refractivity contribution in [2.45, 2.75) is 19.9 Å². The lowest BCUT2D eigenvalue weighted by atomic mass is 10.3. The zero-order valence-electron chi connectivity index (χ0n) is 5.79. The summed E-state index contributed by atoms with van der Waals surface area (Å²) >= 11 is 0. The second-order valence-corrected chi connectivity index (χ2v) is 4.75. The van der Waals surface area contributed by atoms with E-state index >= 15 is 0 Å². The summed E-state index contributed by atoms with van der Waals surface area (Å²) in [5.74, 6) is 0.419. The van der Waals surface area contributed by atoms with Crippen molar-refractivity contribution in [3.8, 4) is 0 Å². The van der Waals surface area contributed by atoms with E-state index in [2.05, 4.69) is 0 Å². The Morgan fingerprint density at radius 1 is 1.78 bits per heavy atom. The minimum atomic E-state index is -1.92. The molecule has 4 heteroatoms. The van der Waals surface area contributed by atoms with E-state index < -0.39 is 14.6 Å². The molecule has 0 aliphatic heterocycles. The first kappa shape index (κ1) is 8.65. The monoisotopic (exact) mass is 147 g/mol. The van der Waals surface area contributed by atoms with Gasteiger partial charge in [-0.1, -0.05) is 13.8 Å². The topological polar surface area (TPSA) is 63.3 Å². The molecule has 1 atom stereocenters. The molecule has 0 aliphatic carbocycles. The highest BCUT2D eigenvalue weighted by Gasteiger charge is 2.15. The van der Waals surface area contributed by atoms with Crippen molar-refractivity contribution >= 4 is 14.6 Å². The Bertz CT molecular complexity index is 105. The van der Waals surface area contributed by atoms with Crippen LogP contribution in [0, 0.1) is 5.92 Å². The predicted molar refractivity (Wildman–Crippen MR) is 39.0 cm³/mol. The summed E-state index contributed by atoms with van der Waals surface area (Å²) in [4.78, 5) is 10.2. The Labute approximate surface area is 56.6 Å². The van der Waals surface area contributed by atoms with E-state index in [1.807, 2.05) is 13.8 Å². The van der Waals surface area contributed by atoms with Crippen molar-refractivity contribution in [3.05, 3.63) is 0 Å². The van der Waals surface area contributed by atoms with Crippen LogP contribution in [0.15, 0.2) is 0 Å². The molecule has 0 aromatic carbocycles. The van der Waals surface area contributed by atoms with Gasteiger partial charge in [-0.3, -0.25) is 4.79 Å². The number of nitrogens with two attached hydrogens (primary N) is 1. The van der Waals surface area contributed by atoms with Crippen LogP contribution in [0.5, 0.6) is 0 Å². The van der Waals surface area contributed by atoms with Crippen molar-refractivity contribution in [3.63, 3.8) is 0 Å². The highest BCUT2D eigenvalue weighted by atomic mass is 28.3. The fraction of sp³-hybridized carbons (Fsp3) is 0.800. The van der Waals surface area contributed by atoms with Crippen molar-refractivity contribution in [1.29, 1.82) is 0 Å². The van der Waals surface area contributed by atoms with Crippen LogP contribution < -0.4 is 5.40 Å². The van der Waals surface area contributed by atoms with E-state index in [0.29, 0.717) is 12.0 Å². The molecule has 0 spiro atoms. The molecule has 0 saturated heterocycles. The number of rotatable bonds is 3. The van der Waals surface area contributed by atoms with Gasteiger partial charge in [0.15, 0.2) is 0 Å². The predicted octanol–water partition coefficient (Wildman–Crippen LogP) is 0.585. The molecule has 0 amide bonds. The Morgan fingerprint density at radius 2 is 2.22 bits per heavy atom. The van der Waals surface area contributed by atoms with E-state index in [0.717, 1.165) is 0 Å². The van der Waals surface area contributed by atoms with Crippen LogP contribution in [0.3, 0.4) is 0 Å². The number of carboxylic acid groups (broad SMARTS) is 1. The zero-order valence-corrected chi connectivity index (χ0v) is 6.95. The van der Waals surface area contributed by atoms with Crippen molar-refractivity contribution in [2.75, 3.05) is 0 Å². The van der Waals surface area contributed by atoms with Crippen molar-refractivity contribution in [1.82, 2.24) is 0 Å². The molecule has 0 rings (SSSR count). The third kappa shape index (κ3) is 4.17. The van der Waals surface area contributed by atoms with Crippen LogP contribution in [0.25, 0.3) is 0 Å². The molecule has 0 heterocycles. The van der Waals surface area contributed by atoms with Gasteiger partial charge in [0.05, 0.1) is 0 Å². The Kier molecular flexibility index (Phi) is 3.49. The molecule has 0 aliphatic rings. The summed E-state index contributed by atoms with van der Waals surface area (Å²) in [6, 6.07) is 0.690. The van der Waals surface area contributed by atoms with Gasteiger partial charge in [0.2, 0.25) is 8.96 Å². The summed E-state index contributed by atoms with van der Waals surface area (Å²) in [6.45, 7) is 3.96. The summed E-state index contributed by atoms with van der Waals surface area (Å²) in [5, 5.41) is 13.7. The van der Waals surface area contributed by atoms with Crippen LogP contribution in [0.1, 0.15) is 13.8 Å². The van der Waals surface area contributed by atoms with Gasteiger partial charge in [-0.25, -0.2) is 0 Å². The normalized spacial score (nSPS) is 13.8. The van der Waals surface area contributed by atoms with Crippen LogP contribution in [-0.2, 0) is 0 Å². The Hall–Kier alpha value is -0.353. The highest BCUT2D eigenvalue weighted by molar-refractivity contribution is 6.85. The first-order valence-electron chi connectivity index (χ1n) is 3.02. The lowest BCUT2D eigenvalue weighted by molar-refractivity contribution is 0.218. The number of hydrogen-bond donors (Lipinski definition) is 2. The fourth-order valence-electron chi connectivity index (χ4n) is 0.609. The van der Waals surface area contributed by atoms with Crippen LogP contribution in [0.4, 0.5) is 4.79 Å². The average Bonchev–Trinajstić information content (AvgIpc) is 1.63. The lowest BCUT2D eigenvalue weighted by Gasteiger charge is -2.05. The largest absolute Gasteiger partial charge is 0.485 e. The Morgan fingerprint density at radius 3 is 2.33 bits per heavy atom. The maximum Gasteiger partial charge on any atom is 0.283 e. The van der Waals surface area contributed by atoms with Gasteiger partial charge in [-0.15, -0.1) is 0 Å². The average molecular weight is 147 g/mol. The second kappa shape index (κ2) is 3.63. The molecular weight excluding hydrogens is 134 g/mol. The first-order valence-corrected chi connectivity index (χ1v) is 5.08. The maximum absolute atomic E-state index is 10.2. The molecular formula is C5H13NO2Si. The van der Waals surface area contributed by atoms with Crippen molar-refractivity contribution in [2.24, 2.45) is 11.3 Å². The third-order valence-electron chi connectivity index (χ3n) is 1.04. The molecule has 0 bridgehead atoms. The van der Waals surface area contributed by atoms with Crippen molar-refractivity contribution < 1.29 is 9.90 Å². The first-order chi connectivity index (χ1) is 4.04. The summed E-state index contributed by atoms with van der Waals surface area (Å²) in [6.07, 6.45) is 0. The van der Waals surface area contributed by atoms with E-state index in [1.54, 1.807) is 0 Å². The third-order valence-corrected chi connectivity index (χ3v) is 3.13. The van der Waals surface area contributed by atoms with E-state index in [-0.39, 0.29) is 0 Å². The molecule has 9 heavy (non-hydrogen) atoms. The fourth-order valence-corrected chi connectivity index (χ4v) is 1.83. The molecule has 3 N–H and O–H groups in total. The minimum Gasteiger partial charge on any atom is -0.485 e. The molecule has 3 nitrogen and oxygen atoms in total. The smallest absolute Gasteiger partial charge is 0.283 e. The summed E-state index contributed by atoms with van der Waals surface area (Å²) in [7, 11) is -1.92. The van der Waals surface area contributed by atoms with Gasteiger partial charge in [-0.2, -0.15) is 0 Å². The lowest BCUT2D eigenvalue weighted by Crippen LogP contribution is -2.35. The second-order valence-electron chi connectivity index (χ2n) is 2.57. The zero-order chi connectivity index (χ0) is 7.44. The molecule has 0 saturated carbocycles. The SMILES string of the molecule is CC(C)C[Si@H](N)C(=O)O. The summed E-state index contributed by atoms with van der Waals surface area (Å²) < 4.78 is 0. The number of hydrogen-bond acceptors (Lipinski definition) is 2. The van der Waals surface area contributed by atoms with Gasteiger partial charge >= 0.3 is 0 Å². The molecule has 0 aromatic rings. The maximum atomic E-state index is 10.2. The van der Waals surface area contributed by atoms with Gasteiger partial charge in [0.1, 0.15) is 0 Å². The summed E-state index contributed by atoms with van der Waals surface area (Å²) in [5.41, 5.74) is -0.774. The van der Waals surface area contributed by atoms with Crippen LogP contribution in [0.2, 0.25) is 6.04 Å². The molecule has 0 aromatic heterocycles. The van der Waals surface area contributed by atoms with E-state index in [9.17, 15) is 4.79 Å². The van der Waals surface area contributed by atoms with Gasteiger partial charge in [-0.05, 0) is 12.0 Å². The molecule has 0 fully saturated rings. The molecule has 54 valence electrons. The van der Waals surface area contributed by atoms with Gasteiger partial charge < -0.3 is 10.5 Å². The van der Waals surface area contributed by atoms with Gasteiger partial charge in [0, 0.05) is 0 Å². The van der Waals surface area contributed by atoms with E-state index in [1.165, 1.54) is 0 Å². The minimum absolute atomic E-state index is 0.419. The van der Waals surface area contributed by atoms with Crippen LogP contribution in [-0.4, -0.2) is 19.7 Å². The molecule has 0 unspecified atom stereocenters. The Balaban J connectivity index is 3.50. The quantitative estimate of drug-likeness (QED) is 0.574. The highest BCUT2D eigenvalue weighted by Crippen LogP contribution is 2.01. The molecule has 0 radical (unpaired) electrons. The van der Waals surface area contributed by atoms with Gasteiger partial charge in [0.25, 0.3) is 5.59 Å². The van der Waals surface area contributed by atoms with E-state index in [4.69, 9.17) is 10.5 Å². The standard InChI is InChI=1S/C5H13NO2Si/c1-4(2)3-9(6)5(7)8/h4,9H,3,6H2,1-2H3,(H,7,8)/t9-/m0/s1. The number of carbonyl (C=O) groups is 1. The van der Waals surface area contributed by atoms with Crippen LogP contribution >= 0.6 is 0 Å².